The number of amides is 1. The van der Waals surface area contributed by atoms with E-state index in [-0.39, 0.29) is 18.2 Å². The number of carbonyl (C=O) groups is 1. The van der Waals surface area contributed by atoms with E-state index in [1.54, 1.807) is 45.4 Å². The number of fused-ring (bicyclic) bond motifs is 1. The summed E-state index contributed by atoms with van der Waals surface area (Å²) in [6.45, 7) is 1.97. The van der Waals surface area contributed by atoms with Crippen molar-refractivity contribution < 1.29 is 27.4 Å². The van der Waals surface area contributed by atoms with Crippen molar-refractivity contribution in [3.63, 3.8) is 0 Å². The van der Waals surface area contributed by atoms with Crippen molar-refractivity contribution in [2.75, 3.05) is 37.4 Å². The third-order valence-electron chi connectivity index (χ3n) is 5.12. The van der Waals surface area contributed by atoms with Crippen molar-refractivity contribution in [1.82, 2.24) is 5.32 Å². The highest BCUT2D eigenvalue weighted by Crippen LogP contribution is 2.35. The van der Waals surface area contributed by atoms with Crippen LogP contribution in [-0.4, -0.2) is 53.5 Å². The summed E-state index contributed by atoms with van der Waals surface area (Å²) < 4.78 is 42.6. The predicted octanol–water partition coefficient (Wildman–Crippen LogP) is 2.37. The predicted molar refractivity (Wildman–Crippen MR) is 119 cm³/mol. The molecule has 1 N–H and O–H groups in total. The minimum absolute atomic E-state index is 0.0469. The maximum atomic E-state index is 12.7. The number of aryl methyl sites for hydroxylation is 1. The van der Waals surface area contributed by atoms with Gasteiger partial charge < -0.3 is 19.5 Å². The van der Waals surface area contributed by atoms with Crippen LogP contribution in [0, 0.1) is 0 Å². The molecule has 1 aliphatic heterocycles. The second kappa shape index (κ2) is 9.91. The Labute approximate surface area is 183 Å². The fourth-order valence-corrected chi connectivity index (χ4v) is 4.54. The number of anilines is 1. The highest BCUT2D eigenvalue weighted by molar-refractivity contribution is 7.92. The summed E-state index contributed by atoms with van der Waals surface area (Å²) in [6, 6.07) is 12.6. The van der Waals surface area contributed by atoms with Gasteiger partial charge in [0, 0.05) is 6.54 Å². The Morgan fingerprint density at radius 2 is 1.90 bits per heavy atom. The Kier molecular flexibility index (Phi) is 7.27. The lowest BCUT2D eigenvalue weighted by atomic mass is 10.1. The summed E-state index contributed by atoms with van der Waals surface area (Å²) >= 11 is 0. The van der Waals surface area contributed by atoms with Crippen molar-refractivity contribution >= 4 is 21.6 Å². The topological polar surface area (TPSA) is 94.2 Å². The quantitative estimate of drug-likeness (QED) is 0.592. The lowest BCUT2D eigenvalue weighted by Crippen LogP contribution is -2.51. The molecule has 31 heavy (non-hydrogen) atoms. The molecule has 0 radical (unpaired) electrons. The third kappa shape index (κ3) is 5.22. The fraction of sp³-hybridized carbons (Fsp3) is 0.409. The van der Waals surface area contributed by atoms with Crippen molar-refractivity contribution in [2.45, 2.75) is 25.9 Å². The van der Waals surface area contributed by atoms with Crippen molar-refractivity contribution in [3.05, 3.63) is 48.0 Å². The molecule has 0 fully saturated rings. The first-order valence-corrected chi connectivity index (χ1v) is 11.7. The number of hydrogen-bond acceptors (Lipinski definition) is 6. The van der Waals surface area contributed by atoms with Gasteiger partial charge in [-0.15, -0.1) is 0 Å². The molecule has 0 bridgehead atoms. The zero-order valence-corrected chi connectivity index (χ0v) is 18.8. The van der Waals surface area contributed by atoms with Crippen LogP contribution in [0.1, 0.15) is 18.9 Å². The second-order valence-corrected chi connectivity index (χ2v) is 9.27. The van der Waals surface area contributed by atoms with E-state index in [0.717, 1.165) is 12.0 Å². The highest BCUT2D eigenvalue weighted by Gasteiger charge is 2.35. The van der Waals surface area contributed by atoms with Gasteiger partial charge in [0.15, 0.2) is 17.6 Å². The number of nitrogens with zero attached hydrogens (tertiary/aromatic N) is 1. The van der Waals surface area contributed by atoms with E-state index < -0.39 is 16.1 Å². The van der Waals surface area contributed by atoms with Crippen LogP contribution in [0.4, 0.5) is 5.69 Å². The van der Waals surface area contributed by atoms with E-state index >= 15 is 0 Å². The van der Waals surface area contributed by atoms with Crippen LogP contribution in [-0.2, 0) is 21.2 Å². The molecule has 0 aromatic heterocycles. The fourth-order valence-electron chi connectivity index (χ4n) is 3.41. The summed E-state index contributed by atoms with van der Waals surface area (Å²) in [5.74, 6) is 1.33. The molecule has 0 aliphatic carbocycles. The lowest BCUT2D eigenvalue weighted by Gasteiger charge is -2.34. The Hall–Kier alpha value is -2.94. The van der Waals surface area contributed by atoms with E-state index in [1.165, 1.54) is 4.31 Å². The van der Waals surface area contributed by atoms with Gasteiger partial charge in [0.25, 0.3) is 5.91 Å². The Morgan fingerprint density at radius 1 is 1.16 bits per heavy atom. The summed E-state index contributed by atoms with van der Waals surface area (Å²) in [4.78, 5) is 12.7. The van der Waals surface area contributed by atoms with Gasteiger partial charge in [0.1, 0.15) is 5.75 Å². The number of sulfonamides is 1. The van der Waals surface area contributed by atoms with Gasteiger partial charge in [-0.2, -0.15) is 0 Å². The van der Waals surface area contributed by atoms with E-state index in [4.69, 9.17) is 14.2 Å². The lowest BCUT2D eigenvalue weighted by molar-refractivity contribution is -0.127. The van der Waals surface area contributed by atoms with Crippen LogP contribution >= 0.6 is 0 Å². The van der Waals surface area contributed by atoms with Crippen molar-refractivity contribution in [3.8, 4) is 17.2 Å². The first-order chi connectivity index (χ1) is 14.9. The van der Waals surface area contributed by atoms with Crippen LogP contribution in [0.25, 0.3) is 0 Å². The minimum Gasteiger partial charge on any atom is -0.493 e. The van der Waals surface area contributed by atoms with Crippen molar-refractivity contribution in [1.29, 1.82) is 0 Å². The number of hydrogen-bond donors (Lipinski definition) is 1. The smallest absolute Gasteiger partial charge is 0.263 e. The van der Waals surface area contributed by atoms with Gasteiger partial charge in [-0.25, -0.2) is 8.42 Å². The molecular formula is C22H28N2O6S. The normalized spacial score (nSPS) is 15.6. The summed E-state index contributed by atoms with van der Waals surface area (Å²) in [6.07, 6.45) is 0.546. The molecular weight excluding hydrogens is 420 g/mol. The number of methoxy groups -OCH3 is 2. The Bertz CT molecular complexity index is 1020. The summed E-state index contributed by atoms with van der Waals surface area (Å²) in [5, 5.41) is 2.85. The molecule has 8 nitrogen and oxygen atoms in total. The highest BCUT2D eigenvalue weighted by atomic mass is 32.2. The molecule has 1 aliphatic rings. The average Bonchev–Trinajstić information content (AvgIpc) is 2.80. The number of ether oxygens (including phenoxy) is 3. The van der Waals surface area contributed by atoms with Crippen molar-refractivity contribution in [2.24, 2.45) is 0 Å². The van der Waals surface area contributed by atoms with Gasteiger partial charge in [0.2, 0.25) is 10.0 Å². The number of benzene rings is 2. The molecule has 168 valence electrons. The van der Waals surface area contributed by atoms with E-state index in [1.807, 2.05) is 18.2 Å². The first kappa shape index (κ1) is 22.7. The number of carbonyl (C=O) groups excluding carboxylic acids is 1. The molecule has 0 unspecified atom stereocenters. The van der Waals surface area contributed by atoms with Gasteiger partial charge in [-0.1, -0.05) is 18.2 Å². The van der Waals surface area contributed by atoms with Crippen LogP contribution in [0.5, 0.6) is 17.2 Å². The average molecular weight is 449 g/mol. The zero-order chi connectivity index (χ0) is 22.4. The largest absolute Gasteiger partial charge is 0.493 e. The minimum atomic E-state index is -3.52. The maximum absolute atomic E-state index is 12.7. The standard InChI is InChI=1S/C22H28N2O6S/c1-4-31(26,27)24-15-21(30-18-10-6-5-9-17(18)24)22(25)23-13-7-8-16-11-12-19(28-2)20(14-16)29-3/h5-6,9-12,14,21H,4,7-8,13,15H2,1-3H3,(H,23,25)/t21-/m1/s1. The number of rotatable bonds is 9. The molecule has 2 aromatic rings. The van der Waals surface area contributed by atoms with Crippen LogP contribution in [0.15, 0.2) is 42.5 Å². The van der Waals surface area contributed by atoms with Crippen LogP contribution < -0.4 is 23.8 Å². The Balaban J connectivity index is 1.59. The number of nitrogens with one attached hydrogen (secondary N) is 1. The first-order valence-electron chi connectivity index (χ1n) is 10.1. The van der Waals surface area contributed by atoms with Gasteiger partial charge in [-0.05, 0) is 49.6 Å². The van der Waals surface area contributed by atoms with E-state index in [2.05, 4.69) is 5.32 Å². The van der Waals surface area contributed by atoms with Gasteiger partial charge in [-0.3, -0.25) is 9.10 Å². The molecule has 0 spiro atoms. The molecule has 2 aromatic carbocycles. The zero-order valence-electron chi connectivity index (χ0n) is 18.0. The Morgan fingerprint density at radius 3 is 2.61 bits per heavy atom. The molecule has 1 atom stereocenters. The molecule has 9 heteroatoms. The number of para-hydroxylation sites is 2. The summed E-state index contributed by atoms with van der Waals surface area (Å²) in [7, 11) is -0.345. The van der Waals surface area contributed by atoms with Crippen LogP contribution in [0.3, 0.4) is 0 Å². The molecule has 0 saturated carbocycles. The van der Waals surface area contributed by atoms with Crippen LogP contribution in [0.2, 0.25) is 0 Å². The van der Waals surface area contributed by atoms with E-state index in [9.17, 15) is 13.2 Å². The monoisotopic (exact) mass is 448 g/mol. The third-order valence-corrected chi connectivity index (χ3v) is 6.86. The van der Waals surface area contributed by atoms with E-state index in [0.29, 0.717) is 35.9 Å². The second-order valence-electron chi connectivity index (χ2n) is 7.09. The SMILES string of the molecule is CCS(=O)(=O)N1C[C@H](C(=O)NCCCc2ccc(OC)c(OC)c2)Oc2ccccc21. The molecule has 1 amide bonds. The maximum Gasteiger partial charge on any atom is 0.263 e. The summed E-state index contributed by atoms with van der Waals surface area (Å²) in [5.41, 5.74) is 1.52. The molecule has 0 saturated heterocycles. The van der Waals surface area contributed by atoms with Gasteiger partial charge >= 0.3 is 0 Å². The molecule has 3 rings (SSSR count). The molecule has 1 heterocycles. The van der Waals surface area contributed by atoms with Gasteiger partial charge in [0.05, 0.1) is 32.2 Å².